The molecule has 0 bridgehead atoms. The highest BCUT2D eigenvalue weighted by Gasteiger charge is 2.41. The Morgan fingerprint density at radius 3 is 2.92 bits per heavy atom. The van der Waals surface area contributed by atoms with Crippen molar-refractivity contribution >= 4 is 33.0 Å². The van der Waals surface area contributed by atoms with Gasteiger partial charge in [-0.1, -0.05) is 28.1 Å². The normalized spacial score (nSPS) is 21.3. The van der Waals surface area contributed by atoms with Crippen molar-refractivity contribution in [1.82, 2.24) is 9.99 Å². The number of halogens is 1. The van der Waals surface area contributed by atoms with Gasteiger partial charge in [0.05, 0.1) is 16.6 Å². The van der Waals surface area contributed by atoms with Crippen molar-refractivity contribution in [1.29, 1.82) is 0 Å². The van der Waals surface area contributed by atoms with E-state index in [1.165, 1.54) is 4.88 Å². The number of aromatic nitrogens is 1. The first-order chi connectivity index (χ1) is 12.3. The lowest BCUT2D eigenvalue weighted by atomic mass is 9.98. The Balaban J connectivity index is 1.62. The first kappa shape index (κ1) is 15.1. The molecule has 4 nitrogen and oxygen atoms in total. The van der Waals surface area contributed by atoms with Gasteiger partial charge in [0, 0.05) is 22.7 Å². The summed E-state index contributed by atoms with van der Waals surface area (Å²) in [5.41, 5.74) is 3.14. The Labute approximate surface area is 157 Å². The Kier molecular flexibility index (Phi) is 3.60. The molecule has 1 aromatic carbocycles. The topological polar surface area (TPSA) is 37.7 Å². The van der Waals surface area contributed by atoms with Crippen molar-refractivity contribution < 1.29 is 4.74 Å². The van der Waals surface area contributed by atoms with Gasteiger partial charge in [-0.2, -0.15) is 5.10 Å². The molecule has 6 heteroatoms. The van der Waals surface area contributed by atoms with Crippen molar-refractivity contribution in [3.63, 3.8) is 0 Å². The van der Waals surface area contributed by atoms with Gasteiger partial charge in [0.25, 0.3) is 0 Å². The molecule has 2 aromatic heterocycles. The molecule has 0 N–H and O–H groups in total. The summed E-state index contributed by atoms with van der Waals surface area (Å²) in [5, 5.41) is 9.07. The third-order valence-electron chi connectivity index (χ3n) is 4.50. The third-order valence-corrected chi connectivity index (χ3v) is 5.91. The van der Waals surface area contributed by atoms with Crippen LogP contribution >= 0.6 is 27.3 Å². The Bertz CT molecular complexity index is 943. The summed E-state index contributed by atoms with van der Waals surface area (Å²) in [7, 11) is 0. The van der Waals surface area contributed by atoms with Gasteiger partial charge in [-0.3, -0.25) is 4.98 Å². The van der Waals surface area contributed by atoms with E-state index in [9.17, 15) is 0 Å². The van der Waals surface area contributed by atoms with E-state index in [1.54, 1.807) is 17.5 Å². The summed E-state index contributed by atoms with van der Waals surface area (Å²) in [6, 6.07) is 16.4. The van der Waals surface area contributed by atoms with Gasteiger partial charge in [0.15, 0.2) is 0 Å². The summed E-state index contributed by atoms with van der Waals surface area (Å²) >= 11 is 5.30. The van der Waals surface area contributed by atoms with Crippen molar-refractivity contribution in [2.24, 2.45) is 5.10 Å². The molecule has 0 fully saturated rings. The molecule has 2 unspecified atom stereocenters. The van der Waals surface area contributed by atoms with Gasteiger partial charge < -0.3 is 4.74 Å². The number of hydrazone groups is 1. The smallest absolute Gasteiger partial charge is 0.230 e. The van der Waals surface area contributed by atoms with Crippen molar-refractivity contribution in [3.8, 4) is 5.75 Å². The maximum Gasteiger partial charge on any atom is 0.230 e. The maximum absolute atomic E-state index is 6.29. The Morgan fingerprint density at radius 1 is 1.16 bits per heavy atom. The van der Waals surface area contributed by atoms with Crippen LogP contribution in [0, 0.1) is 0 Å². The average Bonchev–Trinajstić information content (AvgIpc) is 3.31. The minimum Gasteiger partial charge on any atom is -0.463 e. The van der Waals surface area contributed by atoms with Crippen LogP contribution in [0.3, 0.4) is 0 Å². The molecule has 0 saturated heterocycles. The number of nitrogens with zero attached hydrogens (tertiary/aromatic N) is 3. The summed E-state index contributed by atoms with van der Waals surface area (Å²) in [6.45, 7) is 0. The molecule has 2 aliphatic heterocycles. The zero-order valence-corrected chi connectivity index (χ0v) is 15.6. The summed E-state index contributed by atoms with van der Waals surface area (Å²) in [6.07, 6.45) is 2.36. The van der Waals surface area contributed by atoms with Crippen LogP contribution in [0.15, 0.2) is 69.7 Å². The fourth-order valence-corrected chi connectivity index (χ4v) is 4.47. The molecule has 0 saturated carbocycles. The van der Waals surface area contributed by atoms with E-state index < -0.39 is 0 Å². The lowest BCUT2D eigenvalue weighted by Crippen LogP contribution is -2.34. The molecule has 0 radical (unpaired) electrons. The lowest BCUT2D eigenvalue weighted by molar-refractivity contribution is -0.0218. The van der Waals surface area contributed by atoms with E-state index in [2.05, 4.69) is 49.5 Å². The molecular weight excluding hydrogens is 398 g/mol. The first-order valence-electron chi connectivity index (χ1n) is 8.06. The molecular formula is C19H14BrN3OS. The van der Waals surface area contributed by atoms with E-state index in [1.807, 2.05) is 30.3 Å². The van der Waals surface area contributed by atoms with E-state index in [0.717, 1.165) is 33.6 Å². The minimum atomic E-state index is -0.308. The predicted octanol–water partition coefficient (Wildman–Crippen LogP) is 5.15. The fraction of sp³-hybridized carbons (Fsp3) is 0.158. The fourth-order valence-electron chi connectivity index (χ4n) is 3.37. The van der Waals surface area contributed by atoms with Crippen molar-refractivity contribution in [2.75, 3.05) is 0 Å². The summed E-state index contributed by atoms with van der Waals surface area (Å²) in [5.74, 6) is 0.905. The van der Waals surface area contributed by atoms with Crippen LogP contribution in [0.25, 0.3) is 0 Å². The molecule has 2 aliphatic rings. The molecule has 0 aliphatic carbocycles. The van der Waals surface area contributed by atoms with Crippen LogP contribution < -0.4 is 4.74 Å². The largest absolute Gasteiger partial charge is 0.463 e. The van der Waals surface area contributed by atoms with Crippen LogP contribution in [0.4, 0.5) is 0 Å². The van der Waals surface area contributed by atoms with Crippen molar-refractivity contribution in [2.45, 2.75) is 18.7 Å². The number of fused-ring (bicyclic) bond motifs is 3. The van der Waals surface area contributed by atoms with Crippen LogP contribution in [-0.2, 0) is 0 Å². The third kappa shape index (κ3) is 2.56. The number of benzene rings is 1. The van der Waals surface area contributed by atoms with Crippen LogP contribution in [-0.4, -0.2) is 15.7 Å². The Morgan fingerprint density at radius 2 is 2.12 bits per heavy atom. The zero-order valence-electron chi connectivity index (χ0n) is 13.2. The molecule has 0 spiro atoms. The SMILES string of the molecule is Brc1ccc2c(c1)C1CC(c3cccs3)=NN1C(c1ccccn1)O2. The van der Waals surface area contributed by atoms with Crippen molar-refractivity contribution in [3.05, 3.63) is 80.7 Å². The van der Waals surface area contributed by atoms with E-state index in [4.69, 9.17) is 9.84 Å². The van der Waals surface area contributed by atoms with Crippen LogP contribution in [0.2, 0.25) is 0 Å². The van der Waals surface area contributed by atoms with Gasteiger partial charge in [0.1, 0.15) is 11.4 Å². The standard InChI is InChI=1S/C19H14BrN3OS/c20-12-6-7-17-13(10-12)16-11-15(18-5-3-9-25-18)22-23(16)19(24-17)14-4-1-2-8-21-14/h1-10,16,19H,11H2. The first-order valence-corrected chi connectivity index (χ1v) is 9.73. The van der Waals surface area contributed by atoms with Crippen LogP contribution in [0.1, 0.15) is 34.8 Å². The predicted molar refractivity (Wildman–Crippen MR) is 102 cm³/mol. The minimum absolute atomic E-state index is 0.158. The van der Waals surface area contributed by atoms with Gasteiger partial charge in [-0.05, 0) is 41.8 Å². The molecule has 4 heterocycles. The van der Waals surface area contributed by atoms with Gasteiger partial charge in [-0.15, -0.1) is 11.3 Å². The molecule has 2 atom stereocenters. The molecule has 0 amide bonds. The van der Waals surface area contributed by atoms with Gasteiger partial charge in [0.2, 0.25) is 6.23 Å². The maximum atomic E-state index is 6.29. The molecule has 3 aromatic rings. The second-order valence-corrected chi connectivity index (χ2v) is 7.89. The van der Waals surface area contributed by atoms with Gasteiger partial charge >= 0.3 is 0 Å². The Hall–Kier alpha value is -2.18. The van der Waals surface area contributed by atoms with E-state index in [0.29, 0.717) is 0 Å². The van der Waals surface area contributed by atoms with E-state index >= 15 is 0 Å². The highest BCUT2D eigenvalue weighted by Crippen LogP contribution is 2.48. The highest BCUT2D eigenvalue weighted by atomic mass is 79.9. The summed E-state index contributed by atoms with van der Waals surface area (Å²) < 4.78 is 7.34. The number of rotatable bonds is 2. The van der Waals surface area contributed by atoms with Gasteiger partial charge in [-0.25, -0.2) is 5.01 Å². The number of pyridine rings is 1. The number of hydrogen-bond acceptors (Lipinski definition) is 5. The monoisotopic (exact) mass is 411 g/mol. The molecule has 5 rings (SSSR count). The van der Waals surface area contributed by atoms with Crippen LogP contribution in [0.5, 0.6) is 5.75 Å². The number of hydrogen-bond donors (Lipinski definition) is 0. The summed E-state index contributed by atoms with van der Waals surface area (Å²) in [4.78, 5) is 5.71. The number of ether oxygens (including phenoxy) is 1. The number of thiophene rings is 1. The van der Waals surface area contributed by atoms with E-state index in [-0.39, 0.29) is 12.3 Å². The average molecular weight is 412 g/mol. The molecule has 124 valence electrons. The lowest BCUT2D eigenvalue weighted by Gasteiger charge is -2.37. The quantitative estimate of drug-likeness (QED) is 0.585. The second kappa shape index (κ2) is 5.97. The highest BCUT2D eigenvalue weighted by molar-refractivity contribution is 9.10. The molecule has 25 heavy (non-hydrogen) atoms. The second-order valence-electron chi connectivity index (χ2n) is 6.03. The zero-order chi connectivity index (χ0) is 16.8.